The summed E-state index contributed by atoms with van der Waals surface area (Å²) >= 11 is 0. The van der Waals surface area contributed by atoms with E-state index in [-0.39, 0.29) is 12.2 Å². The number of rotatable bonds is 4. The molecule has 0 spiro atoms. The highest BCUT2D eigenvalue weighted by Gasteiger charge is 2.33. The summed E-state index contributed by atoms with van der Waals surface area (Å²) in [6.07, 6.45) is -0.191. The molecule has 0 aromatic heterocycles. The first-order chi connectivity index (χ1) is 9.44. The summed E-state index contributed by atoms with van der Waals surface area (Å²) in [6.45, 7) is 10.2. The second-order valence-electron chi connectivity index (χ2n) is 6.36. The molecule has 2 aliphatic heterocycles. The van der Waals surface area contributed by atoms with Crippen LogP contribution in [0, 0.1) is 5.92 Å². The molecule has 2 aliphatic rings. The lowest BCUT2D eigenvalue weighted by Gasteiger charge is -2.39. The third kappa shape index (κ3) is 4.92. The van der Waals surface area contributed by atoms with Crippen LogP contribution < -0.4 is 0 Å². The maximum absolute atomic E-state index is 11.7. The highest BCUT2D eigenvalue weighted by atomic mass is 16.6. The van der Waals surface area contributed by atoms with Gasteiger partial charge in [-0.25, -0.2) is 4.79 Å². The van der Waals surface area contributed by atoms with Gasteiger partial charge in [-0.2, -0.15) is 0 Å². The van der Waals surface area contributed by atoms with Crippen molar-refractivity contribution >= 4 is 6.09 Å². The highest BCUT2D eigenvalue weighted by molar-refractivity contribution is 5.69. The summed E-state index contributed by atoms with van der Waals surface area (Å²) in [5.74, 6) is 0.395. The molecule has 6 heteroatoms. The van der Waals surface area contributed by atoms with E-state index in [0.29, 0.717) is 52.0 Å². The van der Waals surface area contributed by atoms with Gasteiger partial charge < -0.3 is 23.8 Å². The second kappa shape index (κ2) is 6.74. The molecule has 0 radical (unpaired) electrons. The predicted octanol–water partition coefficient (Wildman–Crippen LogP) is 1.29. The summed E-state index contributed by atoms with van der Waals surface area (Å²) in [6, 6.07) is 0. The lowest BCUT2D eigenvalue weighted by Crippen LogP contribution is -2.53. The van der Waals surface area contributed by atoms with E-state index in [1.165, 1.54) is 0 Å². The molecule has 0 aromatic rings. The zero-order valence-corrected chi connectivity index (χ0v) is 12.6. The average Bonchev–Trinajstić information content (AvgIpc) is 2.31. The number of hydrogen-bond donors (Lipinski definition) is 0. The lowest BCUT2D eigenvalue weighted by molar-refractivity contribution is -0.121. The van der Waals surface area contributed by atoms with Crippen LogP contribution in [0.1, 0.15) is 20.8 Å². The summed E-state index contributed by atoms with van der Waals surface area (Å²) < 4.78 is 21.7. The molecule has 0 aliphatic carbocycles. The summed E-state index contributed by atoms with van der Waals surface area (Å²) in [4.78, 5) is 13.4. The van der Waals surface area contributed by atoms with Crippen LogP contribution in [0.3, 0.4) is 0 Å². The van der Waals surface area contributed by atoms with Gasteiger partial charge in [0.1, 0.15) is 11.7 Å². The van der Waals surface area contributed by atoms with Crippen molar-refractivity contribution in [3.8, 4) is 0 Å². The maximum atomic E-state index is 11.7. The predicted molar refractivity (Wildman–Crippen MR) is 72.7 cm³/mol. The van der Waals surface area contributed by atoms with Crippen LogP contribution in [0.25, 0.3) is 0 Å². The van der Waals surface area contributed by atoms with Crippen molar-refractivity contribution < 1.29 is 23.7 Å². The third-order valence-electron chi connectivity index (χ3n) is 3.15. The number of nitrogens with zero attached hydrogens (tertiary/aromatic N) is 1. The fourth-order valence-corrected chi connectivity index (χ4v) is 2.15. The molecule has 20 heavy (non-hydrogen) atoms. The number of likely N-dealkylation sites (tertiary alicyclic amines) is 1. The Labute approximate surface area is 120 Å². The molecular weight excluding hydrogens is 262 g/mol. The van der Waals surface area contributed by atoms with Gasteiger partial charge >= 0.3 is 6.09 Å². The lowest BCUT2D eigenvalue weighted by atomic mass is 10.0. The maximum Gasteiger partial charge on any atom is 0.410 e. The van der Waals surface area contributed by atoms with Crippen molar-refractivity contribution in [3.05, 3.63) is 0 Å². The van der Waals surface area contributed by atoms with Gasteiger partial charge in [-0.3, -0.25) is 0 Å². The average molecular weight is 287 g/mol. The molecule has 0 N–H and O–H groups in total. The van der Waals surface area contributed by atoms with E-state index in [4.69, 9.17) is 18.9 Å². The third-order valence-corrected chi connectivity index (χ3v) is 3.15. The van der Waals surface area contributed by atoms with Gasteiger partial charge in [0.05, 0.1) is 33.0 Å². The smallest absolute Gasteiger partial charge is 0.410 e. The molecule has 1 atom stereocenters. The standard InChI is InChI=1S/C14H25NO5/c1-14(2,3)20-13(16)15-6-11(7-15)8-18-10-12-9-17-4-5-19-12/h11-12H,4-10H2,1-3H3/t12-/m1/s1. The minimum Gasteiger partial charge on any atom is -0.444 e. The molecule has 2 heterocycles. The molecule has 2 saturated heterocycles. The Hall–Kier alpha value is -0.850. The number of amides is 1. The highest BCUT2D eigenvalue weighted by Crippen LogP contribution is 2.19. The van der Waals surface area contributed by atoms with Crippen LogP contribution in [0.5, 0.6) is 0 Å². The van der Waals surface area contributed by atoms with Gasteiger partial charge in [0.25, 0.3) is 0 Å². The van der Waals surface area contributed by atoms with E-state index < -0.39 is 5.60 Å². The van der Waals surface area contributed by atoms with Crippen molar-refractivity contribution in [2.24, 2.45) is 5.92 Å². The van der Waals surface area contributed by atoms with Crippen molar-refractivity contribution in [2.45, 2.75) is 32.5 Å². The minimum atomic E-state index is -0.434. The van der Waals surface area contributed by atoms with E-state index in [9.17, 15) is 4.79 Å². The normalized spacial score (nSPS) is 24.4. The Bertz CT molecular complexity index is 316. The van der Waals surface area contributed by atoms with Crippen molar-refractivity contribution in [1.82, 2.24) is 4.90 Å². The quantitative estimate of drug-likeness (QED) is 0.779. The molecular formula is C14H25NO5. The topological polar surface area (TPSA) is 57.2 Å². The van der Waals surface area contributed by atoms with Crippen molar-refractivity contribution in [3.63, 3.8) is 0 Å². The van der Waals surface area contributed by atoms with Gasteiger partial charge in [0.2, 0.25) is 0 Å². The Morgan fingerprint density at radius 2 is 2.00 bits per heavy atom. The van der Waals surface area contributed by atoms with E-state index in [1.54, 1.807) is 4.90 Å². The molecule has 0 aromatic carbocycles. The molecule has 0 bridgehead atoms. The Morgan fingerprint density at radius 3 is 2.60 bits per heavy atom. The Balaban J connectivity index is 1.54. The minimum absolute atomic E-state index is 0.0470. The monoisotopic (exact) mass is 287 g/mol. The van der Waals surface area contributed by atoms with Gasteiger partial charge in [-0.1, -0.05) is 0 Å². The zero-order chi connectivity index (χ0) is 14.6. The van der Waals surface area contributed by atoms with Crippen LogP contribution in [0.4, 0.5) is 4.79 Å². The molecule has 2 rings (SSSR count). The van der Waals surface area contributed by atoms with Gasteiger partial charge in [-0.05, 0) is 20.8 Å². The molecule has 116 valence electrons. The van der Waals surface area contributed by atoms with Crippen LogP contribution in [0.2, 0.25) is 0 Å². The van der Waals surface area contributed by atoms with Crippen molar-refractivity contribution in [2.75, 3.05) is 46.1 Å². The van der Waals surface area contributed by atoms with Gasteiger partial charge in [0, 0.05) is 19.0 Å². The number of carbonyl (C=O) groups excluding carboxylic acids is 1. The van der Waals surface area contributed by atoms with Crippen LogP contribution in [-0.4, -0.2) is 68.8 Å². The molecule has 0 unspecified atom stereocenters. The second-order valence-corrected chi connectivity index (χ2v) is 6.36. The summed E-state index contributed by atoms with van der Waals surface area (Å²) in [5, 5.41) is 0. The largest absolute Gasteiger partial charge is 0.444 e. The summed E-state index contributed by atoms with van der Waals surface area (Å²) in [7, 11) is 0. The first-order valence-electron chi connectivity index (χ1n) is 7.19. The van der Waals surface area contributed by atoms with Gasteiger partial charge in [0.15, 0.2) is 0 Å². The zero-order valence-electron chi connectivity index (χ0n) is 12.6. The van der Waals surface area contributed by atoms with Gasteiger partial charge in [-0.15, -0.1) is 0 Å². The Morgan fingerprint density at radius 1 is 1.25 bits per heavy atom. The van der Waals surface area contributed by atoms with Crippen molar-refractivity contribution in [1.29, 1.82) is 0 Å². The van der Waals surface area contributed by atoms with Crippen LogP contribution in [0.15, 0.2) is 0 Å². The van der Waals surface area contributed by atoms with E-state index in [1.807, 2.05) is 20.8 Å². The van der Waals surface area contributed by atoms with E-state index in [2.05, 4.69) is 0 Å². The SMILES string of the molecule is CC(C)(C)OC(=O)N1CC(COC[C@H]2COCCO2)C1. The fourth-order valence-electron chi connectivity index (χ4n) is 2.15. The van der Waals surface area contributed by atoms with Crippen LogP contribution >= 0.6 is 0 Å². The number of hydrogen-bond acceptors (Lipinski definition) is 5. The van der Waals surface area contributed by atoms with E-state index >= 15 is 0 Å². The number of carbonyl (C=O) groups is 1. The molecule has 6 nitrogen and oxygen atoms in total. The molecule has 0 saturated carbocycles. The number of ether oxygens (including phenoxy) is 4. The first kappa shape index (κ1) is 15.5. The first-order valence-corrected chi connectivity index (χ1v) is 7.19. The van der Waals surface area contributed by atoms with E-state index in [0.717, 1.165) is 0 Å². The Kier molecular flexibility index (Phi) is 5.23. The summed E-state index contributed by atoms with van der Waals surface area (Å²) in [5.41, 5.74) is -0.434. The molecule has 1 amide bonds. The fraction of sp³-hybridized carbons (Fsp3) is 0.929. The van der Waals surface area contributed by atoms with Crippen LogP contribution in [-0.2, 0) is 18.9 Å². The molecule has 2 fully saturated rings.